The van der Waals surface area contributed by atoms with Gasteiger partial charge in [-0.25, -0.2) is 0 Å². The van der Waals surface area contributed by atoms with Crippen molar-refractivity contribution in [3.63, 3.8) is 0 Å². The largest absolute Gasteiger partial charge is 0.471 e. The number of ether oxygens (including phenoxy) is 1. The van der Waals surface area contributed by atoms with Crippen LogP contribution >= 0.6 is 15.9 Å². The first-order valence-electron chi connectivity index (χ1n) is 9.54. The predicted octanol–water partition coefficient (Wildman–Crippen LogP) is 6.28. The van der Waals surface area contributed by atoms with Crippen molar-refractivity contribution in [3.05, 3.63) is 116 Å². The van der Waals surface area contributed by atoms with E-state index in [1.807, 2.05) is 30.3 Å². The highest BCUT2D eigenvalue weighted by Gasteiger charge is 2.31. The van der Waals surface area contributed by atoms with E-state index >= 15 is 0 Å². The topological polar surface area (TPSA) is 64.4 Å². The van der Waals surface area contributed by atoms with Crippen LogP contribution in [0, 0.1) is 10.1 Å². The Hall–Kier alpha value is -3.22. The summed E-state index contributed by atoms with van der Waals surface area (Å²) >= 11 is 3.51. The predicted molar refractivity (Wildman–Crippen MR) is 120 cm³/mol. The Morgan fingerprint density at radius 3 is 2.30 bits per heavy atom. The van der Waals surface area contributed by atoms with E-state index in [0.29, 0.717) is 0 Å². The molecule has 5 nitrogen and oxygen atoms in total. The minimum absolute atomic E-state index is 0.0606. The maximum absolute atomic E-state index is 11.0. The van der Waals surface area contributed by atoms with Crippen LogP contribution in [0.2, 0.25) is 0 Å². The molecular formula is C24H17BrN2O3. The number of fused-ring (bicyclic) bond motifs is 3. The highest BCUT2D eigenvalue weighted by Crippen LogP contribution is 2.42. The molecule has 2 atom stereocenters. The quantitative estimate of drug-likeness (QED) is 0.288. The first-order valence-corrected chi connectivity index (χ1v) is 10.3. The molecule has 0 aliphatic carbocycles. The van der Waals surface area contributed by atoms with Crippen LogP contribution in [0.15, 0.2) is 89.4 Å². The lowest BCUT2D eigenvalue weighted by molar-refractivity contribution is -0.384. The molecule has 4 aromatic carbocycles. The van der Waals surface area contributed by atoms with Crippen LogP contribution in [0.5, 0.6) is 5.75 Å². The number of nitro benzene ring substituents is 1. The summed E-state index contributed by atoms with van der Waals surface area (Å²) in [6.07, 6.45) is -0.423. The lowest BCUT2D eigenvalue weighted by atomic mass is 9.91. The lowest BCUT2D eigenvalue weighted by Gasteiger charge is -2.35. The Bertz CT molecular complexity index is 1240. The molecule has 6 heteroatoms. The number of nitro groups is 1. The number of hydrogen-bond donors (Lipinski definition) is 1. The van der Waals surface area contributed by atoms with E-state index < -0.39 is 11.2 Å². The van der Waals surface area contributed by atoms with E-state index in [4.69, 9.17) is 4.74 Å². The second-order valence-electron chi connectivity index (χ2n) is 7.20. The van der Waals surface area contributed by atoms with E-state index in [0.717, 1.165) is 37.7 Å². The summed E-state index contributed by atoms with van der Waals surface area (Å²) < 4.78 is 7.33. The lowest BCUT2D eigenvalue weighted by Crippen LogP contribution is -2.35. The minimum Gasteiger partial charge on any atom is -0.471 e. The Kier molecular flexibility index (Phi) is 4.73. The third-order valence-electron chi connectivity index (χ3n) is 5.39. The summed E-state index contributed by atoms with van der Waals surface area (Å²) in [5, 5.41) is 16.9. The fourth-order valence-electron chi connectivity index (χ4n) is 3.93. The SMILES string of the molecule is O=[N+]([O-])c1ccc([C@@H]2N[C@@H](c3ccc(Br)cc3)c3c(ccc4ccccc34)O2)cc1. The number of nitrogens with one attached hydrogen (secondary N) is 1. The van der Waals surface area contributed by atoms with Gasteiger partial charge in [-0.1, -0.05) is 58.4 Å². The Labute approximate surface area is 181 Å². The normalized spacial score (nSPS) is 17.9. The summed E-state index contributed by atoms with van der Waals surface area (Å²) in [6.45, 7) is 0. The standard InChI is InChI=1S/C24H17BrN2O3/c25-18-10-5-16(6-11-18)23-22-20-4-2-1-3-15(20)9-14-21(22)30-24(26-23)17-7-12-19(13-8-17)27(28)29/h1-14,23-24,26H/t23-,24+/m0/s1. The first kappa shape index (κ1) is 18.8. The van der Waals surface area contributed by atoms with Crippen LogP contribution in [0.4, 0.5) is 5.69 Å². The third-order valence-corrected chi connectivity index (χ3v) is 5.92. The number of hydrogen-bond acceptors (Lipinski definition) is 4. The van der Waals surface area contributed by atoms with E-state index in [1.54, 1.807) is 12.1 Å². The van der Waals surface area contributed by atoms with Crippen molar-refractivity contribution in [3.8, 4) is 5.75 Å². The summed E-state index contributed by atoms with van der Waals surface area (Å²) in [6, 6.07) is 26.9. The van der Waals surface area contributed by atoms with E-state index in [-0.39, 0.29) is 11.7 Å². The van der Waals surface area contributed by atoms with Crippen molar-refractivity contribution >= 4 is 32.4 Å². The van der Waals surface area contributed by atoms with Crippen molar-refractivity contribution in [1.82, 2.24) is 5.32 Å². The Morgan fingerprint density at radius 1 is 0.867 bits per heavy atom. The fourth-order valence-corrected chi connectivity index (χ4v) is 4.19. The molecule has 0 saturated heterocycles. The molecule has 1 aliphatic rings. The second kappa shape index (κ2) is 7.55. The number of rotatable bonds is 3. The molecule has 148 valence electrons. The highest BCUT2D eigenvalue weighted by atomic mass is 79.9. The first-order chi connectivity index (χ1) is 14.6. The minimum atomic E-state index is -0.423. The average molecular weight is 461 g/mol. The van der Waals surface area contributed by atoms with Gasteiger partial charge in [0.05, 0.1) is 11.0 Å². The monoisotopic (exact) mass is 460 g/mol. The maximum atomic E-state index is 11.0. The molecule has 0 unspecified atom stereocenters. The van der Waals surface area contributed by atoms with Gasteiger partial charge >= 0.3 is 0 Å². The van der Waals surface area contributed by atoms with Gasteiger partial charge in [0.2, 0.25) is 0 Å². The zero-order chi connectivity index (χ0) is 20.7. The summed E-state index contributed by atoms with van der Waals surface area (Å²) in [5.41, 5.74) is 3.10. The molecule has 1 heterocycles. The Morgan fingerprint density at radius 2 is 1.57 bits per heavy atom. The summed E-state index contributed by atoms with van der Waals surface area (Å²) in [5.74, 6) is 0.809. The van der Waals surface area contributed by atoms with Gasteiger partial charge in [-0.2, -0.15) is 0 Å². The molecule has 5 rings (SSSR count). The summed E-state index contributed by atoms with van der Waals surface area (Å²) in [4.78, 5) is 10.6. The van der Waals surface area contributed by atoms with Gasteiger partial charge in [0.15, 0.2) is 6.23 Å². The van der Waals surface area contributed by atoms with Gasteiger partial charge in [-0.3, -0.25) is 15.4 Å². The van der Waals surface area contributed by atoms with E-state index in [2.05, 4.69) is 51.6 Å². The van der Waals surface area contributed by atoms with Crippen LogP contribution in [0.25, 0.3) is 10.8 Å². The third kappa shape index (κ3) is 3.34. The molecule has 0 saturated carbocycles. The van der Waals surface area contributed by atoms with Crippen LogP contribution in [-0.4, -0.2) is 4.92 Å². The zero-order valence-corrected chi connectivity index (χ0v) is 17.4. The maximum Gasteiger partial charge on any atom is 0.269 e. The van der Waals surface area contributed by atoms with Gasteiger partial charge in [0.1, 0.15) is 5.75 Å². The number of halogens is 1. The molecule has 0 spiro atoms. The van der Waals surface area contributed by atoms with Crippen molar-refractivity contribution in [2.45, 2.75) is 12.3 Å². The molecule has 0 bridgehead atoms. The van der Waals surface area contributed by atoms with Crippen LogP contribution in [0.3, 0.4) is 0 Å². The van der Waals surface area contributed by atoms with E-state index in [9.17, 15) is 10.1 Å². The fraction of sp³-hybridized carbons (Fsp3) is 0.0833. The van der Waals surface area contributed by atoms with Crippen LogP contribution in [-0.2, 0) is 0 Å². The van der Waals surface area contributed by atoms with Crippen LogP contribution < -0.4 is 10.1 Å². The molecule has 1 N–H and O–H groups in total. The van der Waals surface area contributed by atoms with Crippen LogP contribution in [0.1, 0.15) is 29.0 Å². The smallest absolute Gasteiger partial charge is 0.269 e. The van der Waals surface area contributed by atoms with Gasteiger partial charge in [-0.15, -0.1) is 0 Å². The highest BCUT2D eigenvalue weighted by molar-refractivity contribution is 9.10. The Balaban J connectivity index is 1.63. The molecular weight excluding hydrogens is 444 g/mol. The number of nitrogens with zero attached hydrogens (tertiary/aromatic N) is 1. The molecule has 0 radical (unpaired) electrons. The molecule has 0 aromatic heterocycles. The van der Waals surface area contributed by atoms with Crippen molar-refractivity contribution in [1.29, 1.82) is 0 Å². The number of non-ortho nitro benzene ring substituents is 1. The van der Waals surface area contributed by atoms with Crippen molar-refractivity contribution < 1.29 is 9.66 Å². The molecule has 4 aromatic rings. The molecule has 0 amide bonds. The van der Waals surface area contributed by atoms with Gasteiger partial charge in [0.25, 0.3) is 5.69 Å². The van der Waals surface area contributed by atoms with E-state index in [1.165, 1.54) is 12.1 Å². The van der Waals surface area contributed by atoms with Gasteiger partial charge < -0.3 is 4.74 Å². The van der Waals surface area contributed by atoms with Gasteiger partial charge in [-0.05, 0) is 46.7 Å². The molecule has 0 fully saturated rings. The van der Waals surface area contributed by atoms with Crippen molar-refractivity contribution in [2.75, 3.05) is 0 Å². The van der Waals surface area contributed by atoms with Crippen molar-refractivity contribution in [2.24, 2.45) is 0 Å². The second-order valence-corrected chi connectivity index (χ2v) is 8.11. The molecule has 1 aliphatic heterocycles. The summed E-state index contributed by atoms with van der Waals surface area (Å²) in [7, 11) is 0. The zero-order valence-electron chi connectivity index (χ0n) is 15.8. The van der Waals surface area contributed by atoms with Gasteiger partial charge in [0, 0.05) is 27.7 Å². The average Bonchev–Trinajstić information content (AvgIpc) is 2.78. The number of benzene rings is 4. The molecule has 30 heavy (non-hydrogen) atoms.